The van der Waals surface area contributed by atoms with Crippen molar-refractivity contribution in [3.63, 3.8) is 0 Å². The number of rotatable bonds is 2. The van der Waals surface area contributed by atoms with Gasteiger partial charge in [0.2, 0.25) is 0 Å². The minimum absolute atomic E-state index is 0.104. The molecule has 2 N–H and O–H groups in total. The Labute approximate surface area is 75.4 Å². The molecule has 1 saturated carbocycles. The molecule has 0 aromatic rings. The first kappa shape index (κ1) is 10.0. The third kappa shape index (κ3) is 3.11. The molecule has 1 rings (SSSR count). The lowest BCUT2D eigenvalue weighted by atomic mass is 9.96. The van der Waals surface area contributed by atoms with Gasteiger partial charge in [-0.3, -0.25) is 0 Å². The highest BCUT2D eigenvalue weighted by atomic mass is 16.3. The van der Waals surface area contributed by atoms with Gasteiger partial charge in [0, 0.05) is 12.6 Å². The van der Waals surface area contributed by atoms with Crippen molar-refractivity contribution in [3.05, 3.63) is 0 Å². The Balaban J connectivity index is 2.23. The molecule has 72 valence electrons. The maximum absolute atomic E-state index is 9.52. The standard InChI is InChI=1S/C10H21NO/c1-10(2,3)7-11-8-5-4-6-9(8)12/h8-9,11-12H,4-7H2,1-3H3/t8-,9-/m1/s1. The topological polar surface area (TPSA) is 32.3 Å². The molecule has 2 heteroatoms. The molecule has 0 unspecified atom stereocenters. The number of hydrogen-bond acceptors (Lipinski definition) is 2. The highest BCUT2D eigenvalue weighted by molar-refractivity contribution is 4.83. The largest absolute Gasteiger partial charge is 0.392 e. The molecule has 0 spiro atoms. The SMILES string of the molecule is CC(C)(C)CN[C@@H]1CCC[C@H]1O. The molecule has 0 aliphatic heterocycles. The van der Waals surface area contributed by atoms with Gasteiger partial charge in [0.15, 0.2) is 0 Å². The molecular weight excluding hydrogens is 150 g/mol. The minimum atomic E-state index is -0.104. The predicted octanol–water partition coefficient (Wildman–Crippen LogP) is 1.54. The fourth-order valence-corrected chi connectivity index (χ4v) is 1.62. The second-order valence-electron chi connectivity index (χ2n) is 5.05. The van der Waals surface area contributed by atoms with E-state index in [1.165, 1.54) is 6.42 Å². The second kappa shape index (κ2) is 3.75. The average molecular weight is 171 g/mol. The zero-order valence-electron chi connectivity index (χ0n) is 8.43. The molecule has 0 aromatic carbocycles. The summed E-state index contributed by atoms with van der Waals surface area (Å²) < 4.78 is 0. The fraction of sp³-hybridized carbons (Fsp3) is 1.00. The van der Waals surface area contributed by atoms with Crippen LogP contribution in [0.25, 0.3) is 0 Å². The lowest BCUT2D eigenvalue weighted by molar-refractivity contribution is 0.143. The van der Waals surface area contributed by atoms with Crippen LogP contribution in [0.1, 0.15) is 40.0 Å². The average Bonchev–Trinajstić information content (AvgIpc) is 2.29. The molecule has 0 aromatic heterocycles. The number of nitrogens with one attached hydrogen (secondary N) is 1. The van der Waals surface area contributed by atoms with E-state index in [2.05, 4.69) is 26.1 Å². The van der Waals surface area contributed by atoms with E-state index in [0.29, 0.717) is 11.5 Å². The first-order chi connectivity index (χ1) is 5.49. The first-order valence-electron chi connectivity index (χ1n) is 4.90. The molecule has 2 nitrogen and oxygen atoms in total. The molecule has 0 amide bonds. The van der Waals surface area contributed by atoms with E-state index in [1.54, 1.807) is 0 Å². The van der Waals surface area contributed by atoms with Crippen LogP contribution in [0.4, 0.5) is 0 Å². The maximum atomic E-state index is 9.52. The third-order valence-electron chi connectivity index (χ3n) is 2.37. The van der Waals surface area contributed by atoms with E-state index in [0.717, 1.165) is 19.4 Å². The lowest BCUT2D eigenvalue weighted by Crippen LogP contribution is -2.40. The predicted molar refractivity (Wildman–Crippen MR) is 51.1 cm³/mol. The molecule has 12 heavy (non-hydrogen) atoms. The van der Waals surface area contributed by atoms with E-state index < -0.39 is 0 Å². The van der Waals surface area contributed by atoms with Crippen LogP contribution in [-0.2, 0) is 0 Å². The van der Waals surface area contributed by atoms with E-state index in [-0.39, 0.29) is 6.10 Å². The van der Waals surface area contributed by atoms with Crippen LogP contribution in [0, 0.1) is 5.41 Å². The van der Waals surface area contributed by atoms with Crippen LogP contribution in [0.3, 0.4) is 0 Å². The minimum Gasteiger partial charge on any atom is -0.392 e. The van der Waals surface area contributed by atoms with Crippen LogP contribution in [0.5, 0.6) is 0 Å². The van der Waals surface area contributed by atoms with Gasteiger partial charge in [0.25, 0.3) is 0 Å². The molecule has 0 bridgehead atoms. The lowest BCUT2D eigenvalue weighted by Gasteiger charge is -2.24. The quantitative estimate of drug-likeness (QED) is 0.660. The Morgan fingerprint density at radius 1 is 1.33 bits per heavy atom. The first-order valence-corrected chi connectivity index (χ1v) is 4.90. The summed E-state index contributed by atoms with van der Waals surface area (Å²) in [6, 6.07) is 0.351. The maximum Gasteiger partial charge on any atom is 0.0693 e. The molecule has 0 heterocycles. The fourth-order valence-electron chi connectivity index (χ4n) is 1.62. The van der Waals surface area contributed by atoms with Crippen LogP contribution in [-0.4, -0.2) is 23.8 Å². The van der Waals surface area contributed by atoms with E-state index in [9.17, 15) is 5.11 Å². The smallest absolute Gasteiger partial charge is 0.0693 e. The Morgan fingerprint density at radius 3 is 2.42 bits per heavy atom. The van der Waals surface area contributed by atoms with Gasteiger partial charge >= 0.3 is 0 Å². The summed E-state index contributed by atoms with van der Waals surface area (Å²) in [5.74, 6) is 0. The summed E-state index contributed by atoms with van der Waals surface area (Å²) in [4.78, 5) is 0. The molecule has 1 fully saturated rings. The van der Waals surface area contributed by atoms with Gasteiger partial charge in [-0.25, -0.2) is 0 Å². The molecule has 2 atom stereocenters. The van der Waals surface area contributed by atoms with Crippen LogP contribution in [0.2, 0.25) is 0 Å². The zero-order chi connectivity index (χ0) is 9.19. The van der Waals surface area contributed by atoms with Gasteiger partial charge in [0.05, 0.1) is 6.10 Å². The summed E-state index contributed by atoms with van der Waals surface area (Å²) in [6.07, 6.45) is 3.18. The molecule has 1 aliphatic carbocycles. The van der Waals surface area contributed by atoms with E-state index in [1.807, 2.05) is 0 Å². The Morgan fingerprint density at radius 2 is 2.00 bits per heavy atom. The van der Waals surface area contributed by atoms with E-state index in [4.69, 9.17) is 0 Å². The third-order valence-corrected chi connectivity index (χ3v) is 2.37. The van der Waals surface area contributed by atoms with Crippen molar-refractivity contribution in [3.8, 4) is 0 Å². The Bertz CT molecular complexity index is 139. The van der Waals surface area contributed by atoms with Crippen molar-refractivity contribution in [2.24, 2.45) is 5.41 Å². The molecule has 0 saturated heterocycles. The van der Waals surface area contributed by atoms with Gasteiger partial charge < -0.3 is 10.4 Å². The molecule has 0 radical (unpaired) electrons. The van der Waals surface area contributed by atoms with Crippen molar-refractivity contribution < 1.29 is 5.11 Å². The highest BCUT2D eigenvalue weighted by Crippen LogP contribution is 2.20. The van der Waals surface area contributed by atoms with Crippen LogP contribution < -0.4 is 5.32 Å². The van der Waals surface area contributed by atoms with Crippen LogP contribution >= 0.6 is 0 Å². The number of aliphatic hydroxyl groups excluding tert-OH is 1. The van der Waals surface area contributed by atoms with Crippen molar-refractivity contribution in [2.45, 2.75) is 52.2 Å². The Hall–Kier alpha value is -0.0800. The summed E-state index contributed by atoms with van der Waals surface area (Å²) in [5, 5.41) is 12.9. The molecular formula is C10H21NO. The van der Waals surface area contributed by atoms with Crippen LogP contribution in [0.15, 0.2) is 0 Å². The van der Waals surface area contributed by atoms with Crippen molar-refractivity contribution >= 4 is 0 Å². The number of hydrogen-bond donors (Lipinski definition) is 2. The Kier molecular flexibility index (Phi) is 3.13. The second-order valence-corrected chi connectivity index (χ2v) is 5.05. The van der Waals surface area contributed by atoms with Crippen molar-refractivity contribution in [2.75, 3.05) is 6.54 Å². The van der Waals surface area contributed by atoms with Crippen molar-refractivity contribution in [1.29, 1.82) is 0 Å². The summed E-state index contributed by atoms with van der Waals surface area (Å²) in [7, 11) is 0. The van der Waals surface area contributed by atoms with Crippen molar-refractivity contribution in [1.82, 2.24) is 5.32 Å². The monoisotopic (exact) mass is 171 g/mol. The van der Waals surface area contributed by atoms with Gasteiger partial charge in [-0.1, -0.05) is 20.8 Å². The summed E-state index contributed by atoms with van der Waals surface area (Å²) >= 11 is 0. The zero-order valence-corrected chi connectivity index (χ0v) is 8.43. The van der Waals surface area contributed by atoms with Gasteiger partial charge in [0.1, 0.15) is 0 Å². The van der Waals surface area contributed by atoms with Gasteiger partial charge in [-0.05, 0) is 24.7 Å². The summed E-state index contributed by atoms with van der Waals surface area (Å²) in [6.45, 7) is 7.62. The summed E-state index contributed by atoms with van der Waals surface area (Å²) in [5.41, 5.74) is 0.322. The highest BCUT2D eigenvalue weighted by Gasteiger charge is 2.25. The molecule has 1 aliphatic rings. The van der Waals surface area contributed by atoms with Gasteiger partial charge in [-0.15, -0.1) is 0 Å². The van der Waals surface area contributed by atoms with E-state index >= 15 is 0 Å². The normalized spacial score (nSPS) is 31.0. The van der Waals surface area contributed by atoms with Gasteiger partial charge in [-0.2, -0.15) is 0 Å². The number of aliphatic hydroxyl groups is 1.